The van der Waals surface area contributed by atoms with Gasteiger partial charge in [0.25, 0.3) is 5.91 Å². The van der Waals surface area contributed by atoms with Crippen LogP contribution >= 0.6 is 0 Å². The lowest BCUT2D eigenvalue weighted by atomic mass is 10.0. The van der Waals surface area contributed by atoms with Gasteiger partial charge in [0.15, 0.2) is 5.78 Å². The maximum absolute atomic E-state index is 13.7. The highest BCUT2D eigenvalue weighted by atomic mass is 16.3. The van der Waals surface area contributed by atoms with Crippen molar-refractivity contribution in [2.24, 2.45) is 11.7 Å². The lowest BCUT2D eigenvalue weighted by Crippen LogP contribution is -2.58. The summed E-state index contributed by atoms with van der Waals surface area (Å²) in [5.41, 5.74) is 5.43. The van der Waals surface area contributed by atoms with Crippen LogP contribution in [0, 0.1) is 5.92 Å². The van der Waals surface area contributed by atoms with Gasteiger partial charge in [-0.05, 0) is 37.3 Å². The number of hydrogen-bond donors (Lipinski definition) is 6. The summed E-state index contributed by atoms with van der Waals surface area (Å²) in [5, 5.41) is 12.8. The Kier molecular flexibility index (Phi) is 11.7. The normalized spacial score (nSPS) is 23.6. The number of nitrogens with zero attached hydrogens (tertiary/aromatic N) is 2. The van der Waals surface area contributed by atoms with Gasteiger partial charge in [-0.25, -0.2) is 4.98 Å². The molecule has 2 aromatic rings. The third kappa shape index (κ3) is 10.3. The van der Waals surface area contributed by atoms with Crippen molar-refractivity contribution >= 4 is 41.2 Å². The largest absolute Gasteiger partial charge is 0.469 e. The van der Waals surface area contributed by atoms with Crippen molar-refractivity contribution in [3.63, 3.8) is 0 Å². The Labute approximate surface area is 263 Å². The average molecular weight is 637 g/mol. The molecule has 6 amide bonds. The topological polar surface area (TPSA) is 245 Å². The third-order valence-electron chi connectivity index (χ3n) is 7.45. The van der Waals surface area contributed by atoms with Crippen LogP contribution in [0.15, 0.2) is 53.6 Å². The number of amides is 6. The number of carbonyl (C=O) groups is 7. The number of primary amides is 1. The summed E-state index contributed by atoms with van der Waals surface area (Å²) in [4.78, 5) is 98.1. The first-order valence-electron chi connectivity index (χ1n) is 14.9. The zero-order valence-electron chi connectivity index (χ0n) is 24.9. The Hall–Kier alpha value is -5.41. The van der Waals surface area contributed by atoms with Crippen LogP contribution < -0.4 is 32.3 Å². The molecular weight excluding hydrogens is 600 g/mol. The van der Waals surface area contributed by atoms with Gasteiger partial charge >= 0.3 is 0 Å². The number of Topliss-reactive ketones (excluding diaryl/α,β-unsaturated/α-hetero) is 1. The molecule has 1 aliphatic carbocycles. The van der Waals surface area contributed by atoms with Crippen molar-refractivity contribution in [3.05, 3.63) is 60.6 Å². The highest BCUT2D eigenvalue weighted by Crippen LogP contribution is 2.33. The molecule has 2 aromatic heterocycles. The van der Waals surface area contributed by atoms with E-state index in [-0.39, 0.29) is 43.8 Å². The molecule has 7 N–H and O–H groups in total. The van der Waals surface area contributed by atoms with E-state index >= 15 is 0 Å². The van der Waals surface area contributed by atoms with Gasteiger partial charge in [-0.15, -0.1) is 0 Å². The van der Waals surface area contributed by atoms with Crippen molar-refractivity contribution in [3.8, 4) is 0 Å². The fourth-order valence-electron chi connectivity index (χ4n) is 4.78. The third-order valence-corrected chi connectivity index (χ3v) is 7.45. The second-order valence-corrected chi connectivity index (χ2v) is 11.1. The van der Waals surface area contributed by atoms with E-state index in [4.69, 9.17) is 10.2 Å². The summed E-state index contributed by atoms with van der Waals surface area (Å²) >= 11 is 0. The number of nitrogens with two attached hydrogens (primary N) is 1. The first kappa shape index (κ1) is 33.5. The van der Waals surface area contributed by atoms with Crippen molar-refractivity contribution in [2.75, 3.05) is 6.54 Å². The summed E-state index contributed by atoms with van der Waals surface area (Å²) < 4.78 is 5.40. The zero-order valence-corrected chi connectivity index (χ0v) is 24.9. The molecule has 1 aliphatic heterocycles. The Bertz CT molecular complexity index is 1460. The van der Waals surface area contributed by atoms with Crippen LogP contribution in [0.5, 0.6) is 0 Å². The van der Waals surface area contributed by atoms with Crippen molar-refractivity contribution in [2.45, 2.75) is 69.1 Å². The molecule has 0 radical (unpaired) electrons. The first-order chi connectivity index (χ1) is 22.1. The Balaban J connectivity index is 1.60. The predicted octanol–water partition coefficient (Wildman–Crippen LogP) is -1.42. The first-order valence-corrected chi connectivity index (χ1v) is 14.9. The lowest BCUT2D eigenvalue weighted by Gasteiger charge is -2.25. The van der Waals surface area contributed by atoms with Crippen LogP contribution in [0.3, 0.4) is 0 Å². The minimum Gasteiger partial charge on any atom is -0.469 e. The van der Waals surface area contributed by atoms with E-state index in [0.29, 0.717) is 12.2 Å². The molecule has 1 fully saturated rings. The van der Waals surface area contributed by atoms with Gasteiger partial charge in [0, 0.05) is 43.9 Å². The van der Waals surface area contributed by atoms with Gasteiger partial charge in [-0.2, -0.15) is 0 Å². The molecule has 46 heavy (non-hydrogen) atoms. The number of hydrogen-bond acceptors (Lipinski definition) is 10. The molecule has 0 spiro atoms. The van der Waals surface area contributed by atoms with E-state index in [9.17, 15) is 33.6 Å². The molecule has 2 aliphatic rings. The van der Waals surface area contributed by atoms with Crippen LogP contribution in [0.4, 0.5) is 0 Å². The molecule has 16 heteroatoms. The van der Waals surface area contributed by atoms with Gasteiger partial charge in [-0.1, -0.05) is 12.8 Å². The zero-order chi connectivity index (χ0) is 33.1. The molecule has 1 saturated carbocycles. The van der Waals surface area contributed by atoms with Gasteiger partial charge < -0.3 is 36.7 Å². The minimum atomic E-state index is -1.26. The fraction of sp³-hybridized carbons (Fsp3) is 0.433. The average Bonchev–Trinajstić information content (AvgIpc) is 3.71. The summed E-state index contributed by atoms with van der Waals surface area (Å²) in [6.45, 7) is -0.331. The lowest BCUT2D eigenvalue weighted by molar-refractivity contribution is -0.133. The van der Waals surface area contributed by atoms with E-state index < -0.39 is 65.4 Å². The van der Waals surface area contributed by atoms with Crippen molar-refractivity contribution < 1.29 is 38.0 Å². The minimum absolute atomic E-state index is 0.0118. The van der Waals surface area contributed by atoms with Gasteiger partial charge in [0.2, 0.25) is 29.5 Å². The number of rotatable bonds is 8. The molecule has 4 atom stereocenters. The quantitative estimate of drug-likeness (QED) is 0.197. The van der Waals surface area contributed by atoms with Crippen molar-refractivity contribution in [1.82, 2.24) is 36.6 Å². The smallest absolute Gasteiger partial charge is 0.271 e. The van der Waals surface area contributed by atoms with Gasteiger partial charge in [0.1, 0.15) is 35.6 Å². The highest BCUT2D eigenvalue weighted by molar-refractivity contribution is 6.00. The van der Waals surface area contributed by atoms with Gasteiger partial charge in [0.05, 0.1) is 12.5 Å². The summed E-state index contributed by atoms with van der Waals surface area (Å²) in [7, 11) is 0. The molecule has 3 heterocycles. The van der Waals surface area contributed by atoms with E-state index in [1.54, 1.807) is 12.1 Å². The van der Waals surface area contributed by atoms with Gasteiger partial charge in [-0.3, -0.25) is 38.5 Å². The molecule has 4 unspecified atom stereocenters. The molecular formula is C30H36N8O8. The van der Waals surface area contributed by atoms with E-state index in [0.717, 1.165) is 25.0 Å². The second-order valence-electron chi connectivity index (χ2n) is 11.1. The molecule has 16 nitrogen and oxygen atoms in total. The van der Waals surface area contributed by atoms with Crippen LogP contribution in [0.1, 0.15) is 54.8 Å². The SMILES string of the molecule is NC(=O)C1CCCC(=O)C(CNC(=O)c2cnccn2)NC(=O)C(Cc2ccco2)NC(=O)C(CC2CC2)NC(=O)C=CC(=O)N1. The molecule has 0 aromatic carbocycles. The van der Waals surface area contributed by atoms with Crippen LogP contribution in [0.2, 0.25) is 0 Å². The standard InChI is InChI=1S/C30H36N8O8/c31-27(42)19-4-1-5-24(39)22(16-34-28(43)23-15-32-10-11-33-23)38-30(45)21(14-18-3-2-12-46-18)37-29(44)20(13-17-6-7-17)36-26(41)9-8-25(40)35-19/h2-3,8-12,15,17,19-22H,1,4-7,13-14,16H2,(H2,31,42)(H,34,43)(H,35,40)(H,36,41)(H,37,44)(H,38,45). The maximum Gasteiger partial charge on any atom is 0.271 e. The molecule has 0 saturated heterocycles. The summed E-state index contributed by atoms with van der Waals surface area (Å²) in [6, 6.07) is -1.45. The molecule has 4 rings (SSSR count). The number of aromatic nitrogens is 2. The van der Waals surface area contributed by atoms with Crippen molar-refractivity contribution in [1.29, 1.82) is 0 Å². The highest BCUT2D eigenvalue weighted by Gasteiger charge is 2.34. The number of nitrogens with one attached hydrogen (secondary N) is 5. The Morgan fingerprint density at radius 2 is 1.63 bits per heavy atom. The van der Waals surface area contributed by atoms with E-state index in [2.05, 4.69) is 36.6 Å². The van der Waals surface area contributed by atoms with Crippen LogP contribution in [0.25, 0.3) is 0 Å². The van der Waals surface area contributed by atoms with E-state index in [1.165, 1.54) is 24.9 Å². The van der Waals surface area contributed by atoms with Crippen LogP contribution in [-0.2, 0) is 35.2 Å². The Morgan fingerprint density at radius 1 is 0.913 bits per heavy atom. The number of carbonyl (C=O) groups excluding carboxylic acids is 7. The summed E-state index contributed by atoms with van der Waals surface area (Å²) in [6.07, 6.45) is 9.05. The second kappa shape index (κ2) is 16.1. The fourth-order valence-corrected chi connectivity index (χ4v) is 4.78. The Morgan fingerprint density at radius 3 is 2.28 bits per heavy atom. The monoisotopic (exact) mass is 636 g/mol. The molecule has 244 valence electrons. The van der Waals surface area contributed by atoms with E-state index in [1.807, 2.05) is 0 Å². The number of ketones is 1. The summed E-state index contributed by atoms with van der Waals surface area (Å²) in [5.74, 6) is -4.32. The number of furan rings is 1. The maximum atomic E-state index is 13.7. The van der Waals surface area contributed by atoms with Crippen LogP contribution in [-0.4, -0.2) is 81.9 Å². The molecule has 0 bridgehead atoms. The predicted molar refractivity (Wildman–Crippen MR) is 159 cm³/mol.